The summed E-state index contributed by atoms with van der Waals surface area (Å²) in [7, 11) is 0. The average molecular weight is 432 g/mol. The van der Waals surface area contributed by atoms with Gasteiger partial charge >= 0.3 is 0 Å². The Hall–Kier alpha value is -3.37. The SMILES string of the molecule is CCCCCCSc1cccc(C=NNc2nc(-c3ccccc3)c(C#N)c(=O)[nH]2)c1. The molecule has 0 aliphatic carbocycles. The number of thioether (sulfide) groups is 1. The highest BCUT2D eigenvalue weighted by atomic mass is 32.2. The second-order valence-electron chi connectivity index (χ2n) is 6.97. The zero-order valence-corrected chi connectivity index (χ0v) is 18.3. The first kappa shape index (κ1) is 22.3. The molecule has 0 saturated carbocycles. The molecule has 0 fully saturated rings. The van der Waals surface area contributed by atoms with Crippen LogP contribution in [0, 0.1) is 11.3 Å². The normalized spacial score (nSPS) is 10.8. The Kier molecular flexibility index (Phi) is 8.44. The summed E-state index contributed by atoms with van der Waals surface area (Å²) < 4.78 is 0. The van der Waals surface area contributed by atoms with E-state index < -0.39 is 5.56 Å². The second-order valence-corrected chi connectivity index (χ2v) is 8.14. The van der Waals surface area contributed by atoms with Crippen LogP contribution >= 0.6 is 11.8 Å². The number of hydrogen-bond donors (Lipinski definition) is 2. The van der Waals surface area contributed by atoms with Gasteiger partial charge in [0, 0.05) is 10.5 Å². The Morgan fingerprint density at radius 2 is 2.00 bits per heavy atom. The van der Waals surface area contributed by atoms with Gasteiger partial charge < -0.3 is 0 Å². The van der Waals surface area contributed by atoms with Crippen molar-refractivity contribution in [3.8, 4) is 17.3 Å². The summed E-state index contributed by atoms with van der Waals surface area (Å²) >= 11 is 1.85. The lowest BCUT2D eigenvalue weighted by Gasteiger charge is -2.06. The van der Waals surface area contributed by atoms with Crippen LogP contribution in [0.15, 0.2) is 69.4 Å². The molecule has 3 aromatic rings. The maximum absolute atomic E-state index is 12.3. The molecule has 0 saturated heterocycles. The highest BCUT2D eigenvalue weighted by Crippen LogP contribution is 2.21. The van der Waals surface area contributed by atoms with E-state index >= 15 is 0 Å². The number of aromatic nitrogens is 2. The molecular formula is C24H25N5OS. The van der Waals surface area contributed by atoms with E-state index in [1.54, 1.807) is 18.3 Å². The van der Waals surface area contributed by atoms with Crippen LogP contribution < -0.4 is 11.0 Å². The van der Waals surface area contributed by atoms with Crippen LogP contribution in [-0.2, 0) is 0 Å². The minimum atomic E-state index is -0.504. The number of H-pyrrole nitrogens is 1. The lowest BCUT2D eigenvalue weighted by atomic mass is 10.1. The topological polar surface area (TPSA) is 93.9 Å². The molecule has 2 N–H and O–H groups in total. The Balaban J connectivity index is 1.69. The largest absolute Gasteiger partial charge is 0.290 e. The molecule has 0 spiro atoms. The Morgan fingerprint density at radius 3 is 2.77 bits per heavy atom. The molecule has 1 heterocycles. The molecule has 0 atom stereocenters. The van der Waals surface area contributed by atoms with Gasteiger partial charge in [-0.15, -0.1) is 11.8 Å². The zero-order valence-electron chi connectivity index (χ0n) is 17.5. The van der Waals surface area contributed by atoms with Gasteiger partial charge in [0.05, 0.1) is 11.9 Å². The number of hydrazone groups is 1. The fraction of sp³-hybridized carbons (Fsp3) is 0.250. The number of aromatic amines is 1. The number of rotatable bonds is 10. The van der Waals surface area contributed by atoms with Gasteiger partial charge in [-0.1, -0.05) is 68.7 Å². The summed E-state index contributed by atoms with van der Waals surface area (Å²) in [6.07, 6.45) is 6.71. The van der Waals surface area contributed by atoms with Gasteiger partial charge in [-0.25, -0.2) is 10.4 Å². The lowest BCUT2D eigenvalue weighted by molar-refractivity contribution is 0.706. The van der Waals surface area contributed by atoms with Gasteiger partial charge in [0.15, 0.2) is 0 Å². The third-order valence-corrected chi connectivity index (χ3v) is 5.67. The van der Waals surface area contributed by atoms with E-state index in [0.29, 0.717) is 11.3 Å². The summed E-state index contributed by atoms with van der Waals surface area (Å²) in [6.45, 7) is 2.22. The molecule has 0 unspecified atom stereocenters. The van der Waals surface area contributed by atoms with Gasteiger partial charge in [-0.3, -0.25) is 9.78 Å². The molecular weight excluding hydrogens is 406 g/mol. The van der Waals surface area contributed by atoms with Crippen molar-refractivity contribution in [1.82, 2.24) is 9.97 Å². The summed E-state index contributed by atoms with van der Waals surface area (Å²) in [5.74, 6) is 1.29. The monoisotopic (exact) mass is 431 g/mol. The van der Waals surface area contributed by atoms with Crippen LogP contribution in [0.3, 0.4) is 0 Å². The van der Waals surface area contributed by atoms with Gasteiger partial charge in [0.25, 0.3) is 5.56 Å². The first-order valence-electron chi connectivity index (χ1n) is 10.3. The predicted molar refractivity (Wildman–Crippen MR) is 128 cm³/mol. The number of hydrogen-bond acceptors (Lipinski definition) is 6. The van der Waals surface area contributed by atoms with E-state index in [1.807, 2.05) is 48.2 Å². The van der Waals surface area contributed by atoms with Crippen LogP contribution in [0.1, 0.15) is 43.7 Å². The van der Waals surface area contributed by atoms with Gasteiger partial charge in [0.2, 0.25) is 5.95 Å². The van der Waals surface area contributed by atoms with Crippen molar-refractivity contribution in [2.45, 2.75) is 37.5 Å². The maximum atomic E-state index is 12.3. The summed E-state index contributed by atoms with van der Waals surface area (Å²) in [5.41, 5.74) is 4.21. The summed E-state index contributed by atoms with van der Waals surface area (Å²) in [5, 5.41) is 13.5. The van der Waals surface area contributed by atoms with Crippen LogP contribution in [0.4, 0.5) is 5.95 Å². The molecule has 7 heteroatoms. The second kappa shape index (κ2) is 11.7. The molecule has 6 nitrogen and oxygen atoms in total. The molecule has 0 amide bonds. The molecule has 31 heavy (non-hydrogen) atoms. The number of nitriles is 1. The van der Waals surface area contributed by atoms with E-state index in [0.717, 1.165) is 11.3 Å². The van der Waals surface area contributed by atoms with E-state index in [4.69, 9.17) is 0 Å². The molecule has 3 rings (SSSR count). The number of nitrogens with zero attached hydrogens (tertiary/aromatic N) is 3. The number of unbranched alkanes of at least 4 members (excludes halogenated alkanes) is 3. The Morgan fingerprint density at radius 1 is 1.16 bits per heavy atom. The number of anilines is 1. The molecule has 158 valence electrons. The fourth-order valence-corrected chi connectivity index (χ4v) is 3.98. The predicted octanol–water partition coefficient (Wildman–Crippen LogP) is 5.43. The van der Waals surface area contributed by atoms with E-state index in [-0.39, 0.29) is 11.5 Å². The molecule has 0 aliphatic heterocycles. The van der Waals surface area contributed by atoms with E-state index in [2.05, 4.69) is 39.6 Å². The third-order valence-electron chi connectivity index (χ3n) is 4.59. The molecule has 0 bridgehead atoms. The molecule has 0 radical (unpaired) electrons. The van der Waals surface area contributed by atoms with Crippen LogP contribution in [0.2, 0.25) is 0 Å². The first-order chi connectivity index (χ1) is 15.2. The molecule has 2 aromatic carbocycles. The van der Waals surface area contributed by atoms with Crippen molar-refractivity contribution in [3.63, 3.8) is 0 Å². The Labute approximate surface area is 186 Å². The van der Waals surface area contributed by atoms with Gasteiger partial charge in [0.1, 0.15) is 11.6 Å². The van der Waals surface area contributed by atoms with E-state index in [1.165, 1.54) is 30.6 Å². The minimum Gasteiger partial charge on any atom is -0.290 e. The maximum Gasteiger partial charge on any atom is 0.270 e. The molecule has 1 aromatic heterocycles. The van der Waals surface area contributed by atoms with Gasteiger partial charge in [-0.05, 0) is 29.9 Å². The van der Waals surface area contributed by atoms with Crippen LogP contribution in [0.5, 0.6) is 0 Å². The number of benzene rings is 2. The fourth-order valence-electron chi connectivity index (χ4n) is 3.01. The number of nitrogens with one attached hydrogen (secondary N) is 2. The van der Waals surface area contributed by atoms with Crippen molar-refractivity contribution in [2.75, 3.05) is 11.2 Å². The minimum absolute atomic E-state index is 0.0237. The standard InChI is InChI=1S/C24H25N5OS/c1-2-3-4-8-14-31-20-13-9-10-18(15-20)17-26-29-24-27-22(19-11-6-5-7-12-19)21(16-25)23(30)28-24/h5-7,9-13,15,17H,2-4,8,14H2,1H3,(H2,27,28,29,30). The van der Waals surface area contributed by atoms with Crippen molar-refractivity contribution < 1.29 is 0 Å². The highest BCUT2D eigenvalue weighted by molar-refractivity contribution is 7.99. The quantitative estimate of drug-likeness (QED) is 0.193. The van der Waals surface area contributed by atoms with Crippen molar-refractivity contribution >= 4 is 23.9 Å². The Bertz CT molecular complexity index is 1120. The van der Waals surface area contributed by atoms with Crippen molar-refractivity contribution in [2.24, 2.45) is 5.10 Å². The lowest BCUT2D eigenvalue weighted by Crippen LogP contribution is -2.16. The van der Waals surface area contributed by atoms with Crippen molar-refractivity contribution in [3.05, 3.63) is 76.1 Å². The van der Waals surface area contributed by atoms with Gasteiger partial charge in [-0.2, -0.15) is 10.4 Å². The van der Waals surface area contributed by atoms with Crippen LogP contribution in [0.25, 0.3) is 11.3 Å². The third kappa shape index (κ3) is 6.56. The zero-order chi connectivity index (χ0) is 21.9. The summed E-state index contributed by atoms with van der Waals surface area (Å²) in [4.78, 5) is 20.4. The average Bonchev–Trinajstić information content (AvgIpc) is 2.79. The smallest absolute Gasteiger partial charge is 0.270 e. The first-order valence-corrected chi connectivity index (χ1v) is 11.3. The van der Waals surface area contributed by atoms with E-state index in [9.17, 15) is 10.1 Å². The molecule has 0 aliphatic rings. The summed E-state index contributed by atoms with van der Waals surface area (Å²) in [6, 6.07) is 19.2. The van der Waals surface area contributed by atoms with Crippen LogP contribution in [-0.4, -0.2) is 21.9 Å². The highest BCUT2D eigenvalue weighted by Gasteiger charge is 2.12. The van der Waals surface area contributed by atoms with Crippen molar-refractivity contribution in [1.29, 1.82) is 5.26 Å².